The van der Waals surface area contributed by atoms with Crippen LogP contribution in [0.4, 0.5) is 14.5 Å². The van der Waals surface area contributed by atoms with Gasteiger partial charge in [-0.3, -0.25) is 0 Å². The molecular weight excluding hydrogens is 280 g/mol. The fourth-order valence-electron chi connectivity index (χ4n) is 2.61. The van der Waals surface area contributed by atoms with Gasteiger partial charge in [0.1, 0.15) is 12.0 Å². The molecule has 3 rings (SSSR count). The third-order valence-electron chi connectivity index (χ3n) is 3.62. The van der Waals surface area contributed by atoms with Crippen molar-refractivity contribution < 1.29 is 8.78 Å². The summed E-state index contributed by atoms with van der Waals surface area (Å²) in [6.45, 7) is 0.849. The number of benzene rings is 2. The summed E-state index contributed by atoms with van der Waals surface area (Å²) in [6.07, 6.45) is -0.00627. The van der Waals surface area contributed by atoms with E-state index in [0.717, 1.165) is 24.2 Å². The molecule has 0 radical (unpaired) electrons. The van der Waals surface area contributed by atoms with Crippen LogP contribution in [0.5, 0.6) is 0 Å². The molecule has 0 aliphatic carbocycles. The molecular formula is C16H14ClF2N. The van der Waals surface area contributed by atoms with Crippen LogP contribution in [0.25, 0.3) is 0 Å². The molecule has 2 aromatic rings. The monoisotopic (exact) mass is 293 g/mol. The number of alkyl halides is 1. The molecule has 1 atom stereocenters. The van der Waals surface area contributed by atoms with Gasteiger partial charge >= 0.3 is 0 Å². The second-order valence-electron chi connectivity index (χ2n) is 4.98. The van der Waals surface area contributed by atoms with Crippen LogP contribution in [0.1, 0.15) is 22.9 Å². The Balaban J connectivity index is 1.84. The number of hydrogen-bond donors (Lipinski definition) is 1. The maximum Gasteiger partial charge on any atom is 0.141 e. The van der Waals surface area contributed by atoms with Gasteiger partial charge in [-0.15, -0.1) is 0 Å². The fraction of sp³-hybridized carbons (Fsp3) is 0.250. The third kappa shape index (κ3) is 2.50. The Hall–Kier alpha value is -1.61. The zero-order valence-electron chi connectivity index (χ0n) is 10.8. The van der Waals surface area contributed by atoms with Gasteiger partial charge in [0.25, 0.3) is 0 Å². The Bertz CT molecular complexity index is 642. The van der Waals surface area contributed by atoms with Crippen molar-refractivity contribution in [1.29, 1.82) is 0 Å². The van der Waals surface area contributed by atoms with E-state index in [-0.39, 0.29) is 11.4 Å². The largest absolute Gasteiger partial charge is 0.384 e. The lowest BCUT2D eigenvalue weighted by Gasteiger charge is -2.14. The van der Waals surface area contributed by atoms with Crippen LogP contribution in [-0.4, -0.2) is 6.54 Å². The molecule has 0 aromatic heterocycles. The van der Waals surface area contributed by atoms with Gasteiger partial charge < -0.3 is 5.32 Å². The van der Waals surface area contributed by atoms with E-state index in [1.807, 2.05) is 12.1 Å². The second kappa shape index (κ2) is 5.41. The van der Waals surface area contributed by atoms with Crippen molar-refractivity contribution in [2.45, 2.75) is 19.0 Å². The molecule has 0 saturated heterocycles. The molecule has 20 heavy (non-hydrogen) atoms. The summed E-state index contributed by atoms with van der Waals surface area (Å²) in [5.74, 6) is -0.479. The number of halogens is 3. The molecule has 1 N–H and O–H groups in total. The van der Waals surface area contributed by atoms with E-state index in [1.165, 1.54) is 12.1 Å². The summed E-state index contributed by atoms with van der Waals surface area (Å²) in [6, 6.07) is 10.0. The van der Waals surface area contributed by atoms with Crippen molar-refractivity contribution in [2.24, 2.45) is 0 Å². The second-order valence-corrected chi connectivity index (χ2v) is 5.39. The molecule has 0 spiro atoms. The Morgan fingerprint density at radius 3 is 2.90 bits per heavy atom. The minimum absolute atomic E-state index is 0.0334. The predicted molar refractivity (Wildman–Crippen MR) is 77.6 cm³/mol. The quantitative estimate of drug-likeness (QED) is 0.865. The van der Waals surface area contributed by atoms with Gasteiger partial charge in [0.2, 0.25) is 0 Å². The van der Waals surface area contributed by atoms with Crippen LogP contribution in [0.3, 0.4) is 0 Å². The SMILES string of the molecule is Fc1ccc(CC(F)c2cccc3c2NCC3)cc1Cl. The average Bonchev–Trinajstić information content (AvgIpc) is 2.91. The van der Waals surface area contributed by atoms with Gasteiger partial charge in [0.15, 0.2) is 0 Å². The highest BCUT2D eigenvalue weighted by Gasteiger charge is 2.20. The standard InChI is InChI=1S/C16H14ClF2N/c17-13-8-10(4-5-14(13)18)9-15(19)12-3-1-2-11-6-7-20-16(11)12/h1-5,8,15,20H,6-7,9H2. The number of nitrogens with one attached hydrogen (secondary N) is 1. The van der Waals surface area contributed by atoms with E-state index in [9.17, 15) is 8.78 Å². The van der Waals surface area contributed by atoms with Crippen LogP contribution in [0, 0.1) is 5.82 Å². The molecule has 0 fully saturated rings. The lowest BCUT2D eigenvalue weighted by molar-refractivity contribution is 0.343. The molecule has 1 heterocycles. The number of fused-ring (bicyclic) bond motifs is 1. The Morgan fingerprint density at radius 2 is 2.10 bits per heavy atom. The lowest BCUT2D eigenvalue weighted by atomic mass is 9.99. The van der Waals surface area contributed by atoms with Crippen LogP contribution >= 0.6 is 11.6 Å². The summed E-state index contributed by atoms with van der Waals surface area (Å²) in [5, 5.41) is 3.26. The van der Waals surface area contributed by atoms with Crippen LogP contribution in [0.2, 0.25) is 5.02 Å². The first kappa shape index (κ1) is 13.4. The zero-order valence-corrected chi connectivity index (χ0v) is 11.6. The fourth-order valence-corrected chi connectivity index (χ4v) is 2.81. The van der Waals surface area contributed by atoms with Gasteiger partial charge in [-0.25, -0.2) is 8.78 Å². The molecule has 1 unspecified atom stereocenters. The maximum absolute atomic E-state index is 14.5. The molecule has 4 heteroatoms. The smallest absolute Gasteiger partial charge is 0.141 e. The first-order chi connectivity index (χ1) is 9.65. The van der Waals surface area contributed by atoms with Crippen molar-refractivity contribution in [3.63, 3.8) is 0 Å². The van der Waals surface area contributed by atoms with E-state index in [1.54, 1.807) is 12.1 Å². The van der Waals surface area contributed by atoms with Crippen LogP contribution in [-0.2, 0) is 12.8 Å². The number of hydrogen-bond acceptors (Lipinski definition) is 1. The van der Waals surface area contributed by atoms with Crippen molar-refractivity contribution in [2.75, 3.05) is 11.9 Å². The van der Waals surface area contributed by atoms with E-state index >= 15 is 0 Å². The predicted octanol–water partition coefficient (Wildman–Crippen LogP) is 4.70. The molecule has 1 aliphatic heterocycles. The highest BCUT2D eigenvalue weighted by Crippen LogP contribution is 2.34. The molecule has 2 aromatic carbocycles. The molecule has 0 saturated carbocycles. The van der Waals surface area contributed by atoms with Crippen molar-refractivity contribution in [1.82, 2.24) is 0 Å². The molecule has 1 nitrogen and oxygen atoms in total. The average molecular weight is 294 g/mol. The summed E-state index contributed by atoms with van der Waals surface area (Å²) >= 11 is 5.73. The molecule has 0 bridgehead atoms. The Kier molecular flexibility index (Phi) is 3.62. The molecule has 0 amide bonds. The molecule has 104 valence electrons. The van der Waals surface area contributed by atoms with Crippen LogP contribution < -0.4 is 5.32 Å². The van der Waals surface area contributed by atoms with Gasteiger partial charge in [-0.2, -0.15) is 0 Å². The van der Waals surface area contributed by atoms with E-state index in [2.05, 4.69) is 5.32 Å². The number of anilines is 1. The highest BCUT2D eigenvalue weighted by atomic mass is 35.5. The normalized spacial score (nSPS) is 14.8. The highest BCUT2D eigenvalue weighted by molar-refractivity contribution is 6.30. The topological polar surface area (TPSA) is 12.0 Å². The number of para-hydroxylation sites is 1. The minimum atomic E-state index is -1.13. The van der Waals surface area contributed by atoms with Crippen molar-refractivity contribution in [3.8, 4) is 0 Å². The first-order valence-corrected chi connectivity index (χ1v) is 6.96. The van der Waals surface area contributed by atoms with Crippen LogP contribution in [0.15, 0.2) is 36.4 Å². The Morgan fingerprint density at radius 1 is 1.25 bits per heavy atom. The molecule has 1 aliphatic rings. The maximum atomic E-state index is 14.5. The van der Waals surface area contributed by atoms with Gasteiger partial charge in [-0.1, -0.05) is 35.9 Å². The van der Waals surface area contributed by atoms with E-state index in [4.69, 9.17) is 11.6 Å². The minimum Gasteiger partial charge on any atom is -0.384 e. The summed E-state index contributed by atoms with van der Waals surface area (Å²) in [4.78, 5) is 0. The summed E-state index contributed by atoms with van der Waals surface area (Å²) in [7, 11) is 0. The number of rotatable bonds is 3. The van der Waals surface area contributed by atoms with Crippen molar-refractivity contribution >= 4 is 17.3 Å². The van der Waals surface area contributed by atoms with E-state index < -0.39 is 12.0 Å². The van der Waals surface area contributed by atoms with E-state index in [0.29, 0.717) is 11.1 Å². The van der Waals surface area contributed by atoms with Crippen molar-refractivity contribution in [3.05, 3.63) is 63.9 Å². The lowest BCUT2D eigenvalue weighted by Crippen LogP contribution is -2.02. The van der Waals surface area contributed by atoms with Gasteiger partial charge in [0.05, 0.1) is 5.02 Å². The Labute approximate surface area is 121 Å². The van der Waals surface area contributed by atoms with Gasteiger partial charge in [0, 0.05) is 24.2 Å². The third-order valence-corrected chi connectivity index (χ3v) is 3.91. The zero-order chi connectivity index (χ0) is 14.1. The first-order valence-electron chi connectivity index (χ1n) is 6.59. The summed E-state index contributed by atoms with van der Waals surface area (Å²) < 4.78 is 27.6. The summed E-state index contributed by atoms with van der Waals surface area (Å²) in [5.41, 5.74) is 3.43. The van der Waals surface area contributed by atoms with Gasteiger partial charge in [-0.05, 0) is 29.7 Å².